The van der Waals surface area contributed by atoms with Crippen molar-refractivity contribution in [2.75, 3.05) is 6.61 Å². The Bertz CT molecular complexity index is 209. The molecule has 0 radical (unpaired) electrons. The first-order chi connectivity index (χ1) is 7.51. The Hall–Kier alpha value is -0.200. The largest absolute Gasteiger partial charge is 0.394 e. The second-order valence-corrected chi connectivity index (χ2v) is 4.62. The Morgan fingerprint density at radius 1 is 1.06 bits per heavy atom. The molecule has 1 unspecified atom stereocenters. The van der Waals surface area contributed by atoms with Gasteiger partial charge >= 0.3 is 0 Å². The molecule has 0 aromatic carbocycles. The van der Waals surface area contributed by atoms with Crippen LogP contribution in [0.2, 0.25) is 0 Å². The van der Waals surface area contributed by atoms with Gasteiger partial charge in [0.2, 0.25) is 0 Å². The van der Waals surface area contributed by atoms with E-state index in [4.69, 9.17) is 9.84 Å². The van der Waals surface area contributed by atoms with E-state index in [1.54, 1.807) is 0 Å². The zero-order valence-electron chi connectivity index (χ0n) is 9.78. The molecule has 4 N–H and O–H groups in total. The molecule has 0 aromatic heterocycles. The first kappa shape index (κ1) is 13.9. The van der Waals surface area contributed by atoms with E-state index in [1.165, 1.54) is 0 Å². The monoisotopic (exact) mass is 234 g/mol. The van der Waals surface area contributed by atoms with Gasteiger partial charge in [0.1, 0.15) is 24.4 Å². The molecule has 6 atom stereocenters. The Kier molecular flexibility index (Phi) is 5.14. The highest BCUT2D eigenvalue weighted by Gasteiger charge is 2.43. The van der Waals surface area contributed by atoms with Crippen molar-refractivity contribution in [3.8, 4) is 0 Å². The number of hydrogen-bond acceptors (Lipinski definition) is 5. The number of aliphatic hydroxyl groups excluding tert-OH is 4. The van der Waals surface area contributed by atoms with E-state index in [9.17, 15) is 15.3 Å². The van der Waals surface area contributed by atoms with Gasteiger partial charge in [0, 0.05) is 0 Å². The van der Waals surface area contributed by atoms with Crippen molar-refractivity contribution in [1.82, 2.24) is 0 Å². The Balaban J connectivity index is 2.63. The van der Waals surface area contributed by atoms with Crippen LogP contribution in [0.15, 0.2) is 0 Å². The summed E-state index contributed by atoms with van der Waals surface area (Å²) in [7, 11) is 0. The van der Waals surface area contributed by atoms with Crippen molar-refractivity contribution in [3.05, 3.63) is 0 Å². The van der Waals surface area contributed by atoms with E-state index >= 15 is 0 Å². The molecule has 1 heterocycles. The third-order valence-corrected chi connectivity index (χ3v) is 3.32. The summed E-state index contributed by atoms with van der Waals surface area (Å²) in [5.74, 6) is 0.362. The van der Waals surface area contributed by atoms with Crippen molar-refractivity contribution in [3.63, 3.8) is 0 Å². The molecule has 0 saturated carbocycles. The molecular formula is C11H22O5. The molecule has 1 rings (SSSR count). The Morgan fingerprint density at radius 3 is 2.12 bits per heavy atom. The van der Waals surface area contributed by atoms with Crippen LogP contribution in [0.3, 0.4) is 0 Å². The molecule has 0 spiro atoms. The lowest BCUT2D eigenvalue weighted by molar-refractivity contribution is -0.232. The smallest absolute Gasteiger partial charge is 0.111 e. The molecule has 0 amide bonds. The molecule has 1 aliphatic rings. The van der Waals surface area contributed by atoms with Crippen LogP contribution in [0, 0.1) is 5.92 Å². The fraction of sp³-hybridized carbons (Fsp3) is 1.00. The van der Waals surface area contributed by atoms with Crippen molar-refractivity contribution < 1.29 is 25.2 Å². The first-order valence-electron chi connectivity index (χ1n) is 5.81. The van der Waals surface area contributed by atoms with E-state index in [1.807, 2.05) is 13.8 Å². The topological polar surface area (TPSA) is 90.2 Å². The summed E-state index contributed by atoms with van der Waals surface area (Å²) >= 11 is 0. The fourth-order valence-electron chi connectivity index (χ4n) is 1.94. The number of ether oxygens (including phenoxy) is 1. The molecule has 1 saturated heterocycles. The van der Waals surface area contributed by atoms with Crippen molar-refractivity contribution >= 4 is 0 Å². The molecule has 5 heteroatoms. The minimum absolute atomic E-state index is 0.359. The maximum Gasteiger partial charge on any atom is 0.111 e. The van der Waals surface area contributed by atoms with Crippen LogP contribution in [0.5, 0.6) is 0 Å². The summed E-state index contributed by atoms with van der Waals surface area (Å²) in [5.41, 5.74) is 0. The average molecular weight is 234 g/mol. The predicted octanol–water partition coefficient (Wildman–Crippen LogP) is -0.735. The van der Waals surface area contributed by atoms with Crippen LogP contribution in [0.4, 0.5) is 0 Å². The molecule has 1 aliphatic heterocycles. The summed E-state index contributed by atoms with van der Waals surface area (Å²) < 4.78 is 5.39. The van der Waals surface area contributed by atoms with Crippen LogP contribution in [-0.4, -0.2) is 57.6 Å². The molecule has 5 nitrogen and oxygen atoms in total. The summed E-state index contributed by atoms with van der Waals surface area (Å²) in [6, 6.07) is 0. The molecule has 0 aromatic rings. The highest BCUT2D eigenvalue weighted by atomic mass is 16.5. The van der Waals surface area contributed by atoms with Crippen LogP contribution in [-0.2, 0) is 4.74 Å². The molecule has 0 bridgehead atoms. The minimum atomic E-state index is -1.25. The van der Waals surface area contributed by atoms with E-state index < -0.39 is 30.5 Å². The lowest BCUT2D eigenvalue weighted by Gasteiger charge is -2.40. The highest BCUT2D eigenvalue weighted by molar-refractivity contribution is 4.92. The molecule has 1 fully saturated rings. The van der Waals surface area contributed by atoms with Crippen LogP contribution in [0.25, 0.3) is 0 Å². The van der Waals surface area contributed by atoms with Gasteiger partial charge < -0.3 is 25.2 Å². The van der Waals surface area contributed by atoms with Gasteiger partial charge in [-0.25, -0.2) is 0 Å². The molecule has 96 valence electrons. The van der Waals surface area contributed by atoms with E-state index in [0.717, 1.165) is 6.42 Å². The molecular weight excluding hydrogens is 212 g/mol. The van der Waals surface area contributed by atoms with Crippen LogP contribution >= 0.6 is 0 Å². The van der Waals surface area contributed by atoms with Gasteiger partial charge in [-0.1, -0.05) is 20.3 Å². The predicted molar refractivity (Wildman–Crippen MR) is 57.8 cm³/mol. The Morgan fingerprint density at radius 2 is 1.62 bits per heavy atom. The second-order valence-electron chi connectivity index (χ2n) is 4.62. The first-order valence-corrected chi connectivity index (χ1v) is 5.81. The number of rotatable bonds is 4. The lowest BCUT2D eigenvalue weighted by Crippen LogP contribution is -2.58. The van der Waals surface area contributed by atoms with Crippen molar-refractivity contribution in [2.24, 2.45) is 5.92 Å². The Labute approximate surface area is 95.7 Å². The quantitative estimate of drug-likeness (QED) is 0.514. The van der Waals surface area contributed by atoms with Gasteiger partial charge in [-0.15, -0.1) is 0 Å². The highest BCUT2D eigenvalue weighted by Crippen LogP contribution is 2.26. The van der Waals surface area contributed by atoms with Crippen molar-refractivity contribution in [2.45, 2.75) is 57.2 Å². The number of hydrogen-bond donors (Lipinski definition) is 4. The maximum absolute atomic E-state index is 9.75. The third kappa shape index (κ3) is 2.93. The van der Waals surface area contributed by atoms with Gasteiger partial charge in [0.05, 0.1) is 12.7 Å². The van der Waals surface area contributed by atoms with Crippen molar-refractivity contribution in [1.29, 1.82) is 0 Å². The average Bonchev–Trinajstić information content (AvgIpc) is 2.29. The third-order valence-electron chi connectivity index (χ3n) is 3.32. The standard InChI is InChI=1S/C11H22O5/c1-3-6(2)4-7-9(13)11(15)10(14)8(5-12)16-7/h6-15H,3-5H2,1-2H3/t6?,7-,8+,9-,10+,11+/m0/s1. The lowest BCUT2D eigenvalue weighted by atomic mass is 9.89. The minimum Gasteiger partial charge on any atom is -0.394 e. The maximum atomic E-state index is 9.75. The summed E-state index contributed by atoms with van der Waals surface area (Å²) in [4.78, 5) is 0. The zero-order chi connectivity index (χ0) is 12.3. The summed E-state index contributed by atoms with van der Waals surface area (Å²) in [5, 5.41) is 37.9. The molecule has 16 heavy (non-hydrogen) atoms. The van der Waals surface area contributed by atoms with E-state index in [0.29, 0.717) is 12.3 Å². The van der Waals surface area contributed by atoms with Gasteiger partial charge in [-0.05, 0) is 12.3 Å². The SMILES string of the molecule is CCC(C)C[C@@H]1O[C@H](CO)[C@@H](O)[C@H](O)[C@H]1O. The second kappa shape index (κ2) is 5.93. The van der Waals surface area contributed by atoms with Gasteiger partial charge in [-0.3, -0.25) is 0 Å². The zero-order valence-corrected chi connectivity index (χ0v) is 9.78. The van der Waals surface area contributed by atoms with E-state index in [2.05, 4.69) is 0 Å². The fourth-order valence-corrected chi connectivity index (χ4v) is 1.94. The normalized spacial score (nSPS) is 42.0. The van der Waals surface area contributed by atoms with Crippen LogP contribution in [0.1, 0.15) is 26.7 Å². The van der Waals surface area contributed by atoms with Gasteiger partial charge in [0.15, 0.2) is 0 Å². The number of aliphatic hydroxyl groups is 4. The molecule has 0 aliphatic carbocycles. The van der Waals surface area contributed by atoms with Crippen LogP contribution < -0.4 is 0 Å². The van der Waals surface area contributed by atoms with Gasteiger partial charge in [-0.2, -0.15) is 0 Å². The van der Waals surface area contributed by atoms with Gasteiger partial charge in [0.25, 0.3) is 0 Å². The van der Waals surface area contributed by atoms with E-state index in [-0.39, 0.29) is 6.61 Å². The summed E-state index contributed by atoms with van der Waals surface area (Å²) in [6.07, 6.45) is -3.34. The summed E-state index contributed by atoms with van der Waals surface area (Å²) in [6.45, 7) is 3.71.